The summed E-state index contributed by atoms with van der Waals surface area (Å²) in [5, 5.41) is 0. The summed E-state index contributed by atoms with van der Waals surface area (Å²) < 4.78 is 5.72. The summed E-state index contributed by atoms with van der Waals surface area (Å²) in [6, 6.07) is 10.1. The van der Waals surface area contributed by atoms with Crippen LogP contribution < -0.4 is 4.74 Å². The molecule has 2 rings (SSSR count). The van der Waals surface area contributed by atoms with E-state index in [4.69, 9.17) is 4.74 Å². The summed E-state index contributed by atoms with van der Waals surface area (Å²) in [5.41, 5.74) is 0. The molecule has 1 radical (unpaired) electrons. The van der Waals surface area contributed by atoms with Crippen molar-refractivity contribution in [2.24, 2.45) is 11.8 Å². The topological polar surface area (TPSA) is 9.23 Å². The maximum atomic E-state index is 5.72. The Bertz CT molecular complexity index is 286. The molecule has 0 spiro atoms. The predicted molar refractivity (Wildman–Crippen MR) is 67.4 cm³/mol. The summed E-state index contributed by atoms with van der Waals surface area (Å²) in [5.74, 6) is 2.56. The van der Waals surface area contributed by atoms with Crippen LogP contribution in [0.3, 0.4) is 0 Å². The van der Waals surface area contributed by atoms with Gasteiger partial charge in [-0.3, -0.25) is 0 Å². The van der Waals surface area contributed by atoms with Crippen molar-refractivity contribution in [2.75, 3.05) is 6.61 Å². The second-order valence-corrected chi connectivity index (χ2v) is 4.84. The largest absolute Gasteiger partial charge is 0.494 e. The van der Waals surface area contributed by atoms with E-state index < -0.39 is 0 Å². The van der Waals surface area contributed by atoms with E-state index in [2.05, 4.69) is 6.92 Å². The molecule has 1 aromatic rings. The van der Waals surface area contributed by atoms with Crippen molar-refractivity contribution in [1.82, 2.24) is 0 Å². The van der Waals surface area contributed by atoms with Crippen molar-refractivity contribution in [1.29, 1.82) is 0 Å². The lowest BCUT2D eigenvalue weighted by Gasteiger charge is -2.25. The van der Waals surface area contributed by atoms with Gasteiger partial charge in [-0.15, -0.1) is 0 Å². The van der Waals surface area contributed by atoms with Gasteiger partial charge < -0.3 is 4.74 Å². The summed E-state index contributed by atoms with van der Waals surface area (Å²) in [6.45, 7) is 4.99. The lowest BCUT2D eigenvalue weighted by molar-refractivity contribution is 0.231. The number of para-hydroxylation sites is 1. The van der Waals surface area contributed by atoms with Gasteiger partial charge in [-0.05, 0) is 30.4 Å². The molecule has 1 nitrogen and oxygen atoms in total. The predicted octanol–water partition coefficient (Wildman–Crippen LogP) is 4.10. The molecule has 0 saturated heterocycles. The Hall–Kier alpha value is -0.980. The third-order valence-corrected chi connectivity index (χ3v) is 3.50. The van der Waals surface area contributed by atoms with Gasteiger partial charge in [0.1, 0.15) is 5.75 Å². The maximum absolute atomic E-state index is 5.72. The lowest BCUT2D eigenvalue weighted by atomic mass is 9.82. The maximum Gasteiger partial charge on any atom is 0.119 e. The summed E-state index contributed by atoms with van der Waals surface area (Å²) in [4.78, 5) is 0. The third kappa shape index (κ3) is 3.55. The average molecular weight is 217 g/mol. The number of rotatable bonds is 4. The zero-order valence-corrected chi connectivity index (χ0v) is 9.90. The first kappa shape index (κ1) is 11.5. The molecular weight excluding hydrogens is 196 g/mol. The fourth-order valence-electron chi connectivity index (χ4n) is 2.38. The quantitative estimate of drug-likeness (QED) is 0.738. The molecule has 0 aromatic heterocycles. The minimum absolute atomic E-state index is 0.700. The highest BCUT2D eigenvalue weighted by Crippen LogP contribution is 2.30. The van der Waals surface area contributed by atoms with E-state index in [-0.39, 0.29) is 0 Å². The molecule has 0 aliphatic heterocycles. The molecule has 87 valence electrons. The molecule has 1 aliphatic carbocycles. The van der Waals surface area contributed by atoms with Crippen LogP contribution in [0.25, 0.3) is 0 Å². The molecule has 0 bridgehead atoms. The zero-order chi connectivity index (χ0) is 11.2. The van der Waals surface area contributed by atoms with Crippen molar-refractivity contribution in [3.8, 4) is 5.75 Å². The molecule has 1 saturated carbocycles. The van der Waals surface area contributed by atoms with Gasteiger partial charge in [-0.1, -0.05) is 50.8 Å². The normalized spacial score (nSPS) is 25.3. The fourth-order valence-corrected chi connectivity index (χ4v) is 2.38. The molecule has 1 aromatic carbocycles. The summed E-state index contributed by atoms with van der Waals surface area (Å²) >= 11 is 0. The molecule has 1 aliphatic rings. The van der Waals surface area contributed by atoms with Gasteiger partial charge in [-0.25, -0.2) is 0 Å². The number of ether oxygens (including phenoxy) is 1. The van der Waals surface area contributed by atoms with Crippen LogP contribution in [0.1, 0.15) is 32.1 Å². The van der Waals surface area contributed by atoms with E-state index in [0.717, 1.165) is 18.3 Å². The second-order valence-electron chi connectivity index (χ2n) is 4.84. The van der Waals surface area contributed by atoms with Crippen LogP contribution in [0, 0.1) is 18.8 Å². The Morgan fingerprint density at radius 3 is 2.44 bits per heavy atom. The van der Waals surface area contributed by atoms with Crippen LogP contribution in [0.5, 0.6) is 5.75 Å². The molecule has 0 amide bonds. The molecule has 1 heteroatoms. The Morgan fingerprint density at radius 2 is 1.75 bits per heavy atom. The van der Waals surface area contributed by atoms with Crippen molar-refractivity contribution in [2.45, 2.75) is 32.1 Å². The molecule has 0 unspecified atom stereocenters. The van der Waals surface area contributed by atoms with Crippen LogP contribution in [0.4, 0.5) is 0 Å². The molecule has 0 N–H and O–H groups in total. The first-order valence-corrected chi connectivity index (χ1v) is 6.35. The van der Waals surface area contributed by atoms with Gasteiger partial charge >= 0.3 is 0 Å². The summed E-state index contributed by atoms with van der Waals surface area (Å²) in [6.07, 6.45) is 6.48. The Kier molecular flexibility index (Phi) is 4.26. The number of benzene rings is 1. The number of hydrogen-bond donors (Lipinski definition) is 0. The van der Waals surface area contributed by atoms with Gasteiger partial charge in [0.05, 0.1) is 6.61 Å². The Morgan fingerprint density at radius 1 is 1.06 bits per heavy atom. The second kappa shape index (κ2) is 5.93. The van der Waals surface area contributed by atoms with E-state index in [1.807, 2.05) is 30.3 Å². The number of hydrogen-bond acceptors (Lipinski definition) is 1. The standard InChI is InChI=1S/C15H21O/c1-13-7-9-14(10-8-13)11-12-16-15-5-3-2-4-6-15/h2-6,13-14H,1,7-12H2/t13-,14+. The van der Waals surface area contributed by atoms with E-state index in [1.54, 1.807) is 0 Å². The van der Waals surface area contributed by atoms with E-state index >= 15 is 0 Å². The van der Waals surface area contributed by atoms with E-state index in [0.29, 0.717) is 5.92 Å². The minimum Gasteiger partial charge on any atom is -0.494 e. The Balaban J connectivity index is 1.65. The first-order chi connectivity index (χ1) is 7.84. The van der Waals surface area contributed by atoms with Gasteiger partial charge in [0.25, 0.3) is 0 Å². The van der Waals surface area contributed by atoms with Crippen molar-refractivity contribution in [3.05, 3.63) is 37.3 Å². The first-order valence-electron chi connectivity index (χ1n) is 6.35. The van der Waals surface area contributed by atoms with Gasteiger partial charge in [-0.2, -0.15) is 0 Å². The zero-order valence-electron chi connectivity index (χ0n) is 9.90. The monoisotopic (exact) mass is 217 g/mol. The van der Waals surface area contributed by atoms with Crippen LogP contribution >= 0.6 is 0 Å². The van der Waals surface area contributed by atoms with Gasteiger partial charge in [0.15, 0.2) is 0 Å². The third-order valence-electron chi connectivity index (χ3n) is 3.50. The van der Waals surface area contributed by atoms with E-state index in [1.165, 1.54) is 32.1 Å². The molecule has 0 atom stereocenters. The van der Waals surface area contributed by atoms with E-state index in [9.17, 15) is 0 Å². The van der Waals surface area contributed by atoms with Crippen LogP contribution in [-0.2, 0) is 0 Å². The molecule has 16 heavy (non-hydrogen) atoms. The summed E-state index contributed by atoms with van der Waals surface area (Å²) in [7, 11) is 0. The van der Waals surface area contributed by atoms with Crippen molar-refractivity contribution < 1.29 is 4.74 Å². The highest BCUT2D eigenvalue weighted by Gasteiger charge is 2.17. The highest BCUT2D eigenvalue weighted by atomic mass is 16.5. The molecule has 0 heterocycles. The highest BCUT2D eigenvalue weighted by molar-refractivity contribution is 5.20. The van der Waals surface area contributed by atoms with Gasteiger partial charge in [0, 0.05) is 0 Å². The van der Waals surface area contributed by atoms with Crippen molar-refractivity contribution >= 4 is 0 Å². The Labute approximate surface area is 98.8 Å². The van der Waals surface area contributed by atoms with Crippen LogP contribution in [0.2, 0.25) is 0 Å². The average Bonchev–Trinajstić information content (AvgIpc) is 2.33. The van der Waals surface area contributed by atoms with Crippen LogP contribution in [0.15, 0.2) is 30.3 Å². The molecule has 1 fully saturated rings. The smallest absolute Gasteiger partial charge is 0.119 e. The fraction of sp³-hybridized carbons (Fsp3) is 0.533. The molecular formula is C15H21O. The minimum atomic E-state index is 0.700. The van der Waals surface area contributed by atoms with Gasteiger partial charge in [0.2, 0.25) is 0 Å². The SMILES string of the molecule is [CH2][C@H]1CC[C@@H](CCOc2ccccc2)CC1. The van der Waals surface area contributed by atoms with Crippen LogP contribution in [-0.4, -0.2) is 6.61 Å². The van der Waals surface area contributed by atoms with Crippen molar-refractivity contribution in [3.63, 3.8) is 0 Å². The lowest BCUT2D eigenvalue weighted by Crippen LogP contribution is -2.15.